The van der Waals surface area contributed by atoms with Crippen LogP contribution in [0, 0.1) is 5.92 Å². The molecule has 0 saturated heterocycles. The van der Waals surface area contributed by atoms with E-state index >= 15 is 0 Å². The summed E-state index contributed by atoms with van der Waals surface area (Å²) in [7, 11) is 0. The second-order valence-corrected chi connectivity index (χ2v) is 6.75. The molecule has 2 aliphatic rings. The van der Waals surface area contributed by atoms with Crippen molar-refractivity contribution >= 4 is 22.6 Å². The smallest absolute Gasteiger partial charge is 0.0692 e. The van der Waals surface area contributed by atoms with E-state index in [1.807, 2.05) is 0 Å². The van der Waals surface area contributed by atoms with Crippen molar-refractivity contribution in [2.75, 3.05) is 6.61 Å². The molecule has 0 radical (unpaired) electrons. The van der Waals surface area contributed by atoms with Crippen molar-refractivity contribution in [2.45, 2.75) is 67.8 Å². The first-order valence-electron chi connectivity index (χ1n) is 6.62. The molecule has 2 atom stereocenters. The third-order valence-electron chi connectivity index (χ3n) is 3.68. The highest BCUT2D eigenvalue weighted by atomic mass is 127. The van der Waals surface area contributed by atoms with Crippen molar-refractivity contribution < 1.29 is 4.74 Å². The highest BCUT2D eigenvalue weighted by Gasteiger charge is 2.24. The Kier molecular flexibility index (Phi) is 5.21. The van der Waals surface area contributed by atoms with Gasteiger partial charge in [0.1, 0.15) is 0 Å². The summed E-state index contributed by atoms with van der Waals surface area (Å²) < 4.78 is 6.84. The first-order valence-corrected chi connectivity index (χ1v) is 7.86. The van der Waals surface area contributed by atoms with Crippen LogP contribution in [0.2, 0.25) is 0 Å². The highest BCUT2D eigenvalue weighted by Crippen LogP contribution is 2.33. The predicted molar refractivity (Wildman–Crippen MR) is 72.6 cm³/mol. The number of alkyl halides is 1. The van der Waals surface area contributed by atoms with Crippen LogP contribution in [-0.4, -0.2) is 16.6 Å². The van der Waals surface area contributed by atoms with E-state index in [1.54, 1.807) is 0 Å². The van der Waals surface area contributed by atoms with E-state index in [4.69, 9.17) is 4.74 Å². The molecule has 0 heterocycles. The fraction of sp³-hybridized carbons (Fsp3) is 1.00. The molecule has 1 nitrogen and oxygen atoms in total. The van der Waals surface area contributed by atoms with Crippen LogP contribution in [0.1, 0.15) is 57.8 Å². The van der Waals surface area contributed by atoms with Crippen LogP contribution in [-0.2, 0) is 4.74 Å². The van der Waals surface area contributed by atoms with Crippen LogP contribution in [0.15, 0.2) is 0 Å². The average Bonchev–Trinajstić information content (AvgIpc) is 3.00. The maximum atomic E-state index is 6.07. The minimum Gasteiger partial charge on any atom is -0.377 e. The molecular formula is C13H23IO. The summed E-state index contributed by atoms with van der Waals surface area (Å²) in [6.45, 7) is 1.02. The minimum absolute atomic E-state index is 0.560. The van der Waals surface area contributed by atoms with Gasteiger partial charge in [-0.05, 0) is 25.2 Å². The standard InChI is InChI=1S/C13H23IO/c14-12-5-3-1-2-4-6-13(12)15-10-9-11-7-8-11/h11-13H,1-10H2. The Balaban J connectivity index is 1.65. The molecule has 0 aliphatic heterocycles. The number of ether oxygens (including phenoxy) is 1. The Morgan fingerprint density at radius 2 is 1.67 bits per heavy atom. The molecule has 0 spiro atoms. The SMILES string of the molecule is IC1CCCCCCC1OCCC1CC1. The first-order chi connectivity index (χ1) is 7.36. The summed E-state index contributed by atoms with van der Waals surface area (Å²) in [5.74, 6) is 1.02. The lowest BCUT2D eigenvalue weighted by Gasteiger charge is -2.25. The Morgan fingerprint density at radius 1 is 0.933 bits per heavy atom. The molecule has 2 unspecified atom stereocenters. The molecule has 0 amide bonds. The van der Waals surface area contributed by atoms with Crippen LogP contribution in [0.3, 0.4) is 0 Å². The molecule has 0 aromatic carbocycles. The van der Waals surface area contributed by atoms with Gasteiger partial charge in [-0.2, -0.15) is 0 Å². The summed E-state index contributed by atoms with van der Waals surface area (Å²) in [6.07, 6.45) is 13.1. The van der Waals surface area contributed by atoms with Crippen LogP contribution >= 0.6 is 22.6 Å². The van der Waals surface area contributed by atoms with Gasteiger partial charge in [-0.25, -0.2) is 0 Å². The summed E-state index contributed by atoms with van der Waals surface area (Å²) in [5.41, 5.74) is 0. The van der Waals surface area contributed by atoms with Crippen molar-refractivity contribution in [1.29, 1.82) is 0 Å². The van der Waals surface area contributed by atoms with E-state index in [0.29, 0.717) is 6.10 Å². The predicted octanol–water partition coefficient (Wildman–Crippen LogP) is 4.33. The molecule has 0 aromatic rings. The van der Waals surface area contributed by atoms with Crippen molar-refractivity contribution in [3.63, 3.8) is 0 Å². The second kappa shape index (κ2) is 6.43. The van der Waals surface area contributed by atoms with E-state index in [9.17, 15) is 0 Å². The lowest BCUT2D eigenvalue weighted by Crippen LogP contribution is -2.26. The molecule has 0 bridgehead atoms. The monoisotopic (exact) mass is 322 g/mol. The number of hydrogen-bond acceptors (Lipinski definition) is 1. The van der Waals surface area contributed by atoms with Gasteiger partial charge in [-0.3, -0.25) is 0 Å². The van der Waals surface area contributed by atoms with Crippen molar-refractivity contribution in [3.05, 3.63) is 0 Å². The molecular weight excluding hydrogens is 299 g/mol. The van der Waals surface area contributed by atoms with Crippen molar-refractivity contribution in [3.8, 4) is 0 Å². The fourth-order valence-corrected chi connectivity index (χ4v) is 3.39. The van der Waals surface area contributed by atoms with Crippen LogP contribution in [0.25, 0.3) is 0 Å². The Morgan fingerprint density at radius 3 is 2.40 bits per heavy atom. The van der Waals surface area contributed by atoms with Gasteiger partial charge in [0.2, 0.25) is 0 Å². The maximum Gasteiger partial charge on any atom is 0.0692 e. The molecule has 15 heavy (non-hydrogen) atoms. The molecule has 2 saturated carbocycles. The molecule has 2 aliphatic carbocycles. The van der Waals surface area contributed by atoms with Gasteiger partial charge in [0, 0.05) is 10.5 Å². The summed E-state index contributed by atoms with van der Waals surface area (Å²) in [6, 6.07) is 0. The Hall–Kier alpha value is 0.690. The third-order valence-corrected chi connectivity index (χ3v) is 5.10. The van der Waals surface area contributed by atoms with E-state index < -0.39 is 0 Å². The maximum absolute atomic E-state index is 6.07. The average molecular weight is 322 g/mol. The zero-order chi connectivity index (χ0) is 10.5. The van der Waals surface area contributed by atoms with E-state index in [-0.39, 0.29) is 0 Å². The normalized spacial score (nSPS) is 33.4. The van der Waals surface area contributed by atoms with Gasteiger partial charge in [0.25, 0.3) is 0 Å². The van der Waals surface area contributed by atoms with E-state index in [1.165, 1.54) is 57.8 Å². The molecule has 88 valence electrons. The third kappa shape index (κ3) is 4.59. The molecule has 2 heteroatoms. The summed E-state index contributed by atoms with van der Waals surface area (Å²) >= 11 is 2.61. The van der Waals surface area contributed by atoms with Gasteiger partial charge in [0.05, 0.1) is 6.10 Å². The number of halogens is 1. The zero-order valence-corrected chi connectivity index (χ0v) is 11.7. The second-order valence-electron chi connectivity index (χ2n) is 5.15. The van der Waals surface area contributed by atoms with Crippen LogP contribution in [0.4, 0.5) is 0 Å². The Bertz CT molecular complexity index is 179. The van der Waals surface area contributed by atoms with Gasteiger partial charge in [0.15, 0.2) is 0 Å². The van der Waals surface area contributed by atoms with Crippen LogP contribution < -0.4 is 0 Å². The number of hydrogen-bond donors (Lipinski definition) is 0. The minimum atomic E-state index is 0.560. The van der Waals surface area contributed by atoms with Crippen LogP contribution in [0.5, 0.6) is 0 Å². The lowest BCUT2D eigenvalue weighted by molar-refractivity contribution is 0.0393. The van der Waals surface area contributed by atoms with Gasteiger partial charge >= 0.3 is 0 Å². The van der Waals surface area contributed by atoms with E-state index in [0.717, 1.165) is 16.4 Å². The molecule has 0 aromatic heterocycles. The van der Waals surface area contributed by atoms with E-state index in [2.05, 4.69) is 22.6 Å². The molecule has 2 rings (SSSR count). The first kappa shape index (κ1) is 12.2. The highest BCUT2D eigenvalue weighted by molar-refractivity contribution is 14.1. The quantitative estimate of drug-likeness (QED) is 0.553. The summed E-state index contributed by atoms with van der Waals surface area (Å²) in [4.78, 5) is 0. The fourth-order valence-electron chi connectivity index (χ4n) is 2.39. The van der Waals surface area contributed by atoms with Gasteiger partial charge < -0.3 is 4.74 Å². The van der Waals surface area contributed by atoms with Gasteiger partial charge in [-0.15, -0.1) is 0 Å². The molecule has 0 N–H and O–H groups in total. The van der Waals surface area contributed by atoms with Gasteiger partial charge in [-0.1, -0.05) is 61.1 Å². The lowest BCUT2D eigenvalue weighted by atomic mass is 9.98. The zero-order valence-electron chi connectivity index (χ0n) is 9.59. The number of rotatable bonds is 4. The summed E-state index contributed by atoms with van der Waals surface area (Å²) in [5, 5.41) is 0. The van der Waals surface area contributed by atoms with Crippen molar-refractivity contribution in [2.24, 2.45) is 5.92 Å². The molecule has 2 fully saturated rings. The van der Waals surface area contributed by atoms with Crippen molar-refractivity contribution in [1.82, 2.24) is 0 Å². The topological polar surface area (TPSA) is 9.23 Å². The Labute approximate surface area is 107 Å². The largest absolute Gasteiger partial charge is 0.377 e.